The molecule has 0 bridgehead atoms. The van der Waals surface area contributed by atoms with Crippen molar-refractivity contribution in [3.63, 3.8) is 0 Å². The van der Waals surface area contributed by atoms with Crippen LogP contribution in [-0.2, 0) is 18.5 Å². The van der Waals surface area contributed by atoms with E-state index in [-0.39, 0.29) is 33.6 Å². The second kappa shape index (κ2) is 15.2. The lowest BCUT2D eigenvalue weighted by Gasteiger charge is -2.22. The number of aromatic nitrogens is 2. The maximum Gasteiger partial charge on any atom is 0.418 e. The Balaban J connectivity index is 1.31. The van der Waals surface area contributed by atoms with Gasteiger partial charge in [0, 0.05) is 27.1 Å². The van der Waals surface area contributed by atoms with E-state index < -0.39 is 35.2 Å². The van der Waals surface area contributed by atoms with Crippen LogP contribution in [0.5, 0.6) is 0 Å². The van der Waals surface area contributed by atoms with Crippen molar-refractivity contribution in [2.75, 3.05) is 0 Å². The van der Waals surface area contributed by atoms with Crippen molar-refractivity contribution in [3.8, 4) is 50.8 Å². The first-order valence-electron chi connectivity index (χ1n) is 20.6. The van der Waals surface area contributed by atoms with Gasteiger partial charge in [-0.1, -0.05) is 96.6 Å². The molecule has 3 nitrogen and oxygen atoms in total. The standard InChI is InChI=1S/C54H32F9N3/c1-30-14-18-38(44(22-30)53(58,59)60)35-16-20-41-39-10-3-5-12-46(39)65(48(41)26-35)50-28-45(54(61,62)63)51(27-43(50)33-9-7-8-32(24-33)29-64)66-47-13-6-4-11-40(47)42-19-15-34(25-49(42)66)37-21-17-36(23-31(37)2)52(55,56)57/h3-28H,1-2H3. The van der Waals surface area contributed by atoms with E-state index in [1.54, 1.807) is 134 Å². The van der Waals surface area contributed by atoms with E-state index in [1.807, 2.05) is 0 Å². The molecule has 0 radical (unpaired) electrons. The minimum Gasteiger partial charge on any atom is -0.309 e. The molecule has 0 fully saturated rings. The van der Waals surface area contributed by atoms with Gasteiger partial charge in [0.25, 0.3) is 0 Å². The Morgan fingerprint density at radius 1 is 0.409 bits per heavy atom. The van der Waals surface area contributed by atoms with Gasteiger partial charge in [0.15, 0.2) is 0 Å². The van der Waals surface area contributed by atoms with Crippen LogP contribution in [0.4, 0.5) is 39.5 Å². The zero-order valence-corrected chi connectivity index (χ0v) is 34.8. The van der Waals surface area contributed by atoms with Crippen molar-refractivity contribution in [1.29, 1.82) is 5.26 Å². The lowest BCUT2D eigenvalue weighted by Crippen LogP contribution is -2.13. The molecule has 0 aliphatic rings. The maximum absolute atomic E-state index is 16.1. The number of hydrogen-bond donors (Lipinski definition) is 0. The Morgan fingerprint density at radius 2 is 0.955 bits per heavy atom. The largest absolute Gasteiger partial charge is 0.418 e. The highest BCUT2D eigenvalue weighted by Gasteiger charge is 2.38. The molecule has 0 aliphatic heterocycles. The molecular formula is C54H32F9N3. The van der Waals surface area contributed by atoms with Crippen LogP contribution in [0.2, 0.25) is 0 Å². The summed E-state index contributed by atoms with van der Waals surface area (Å²) in [7, 11) is 0. The fourth-order valence-electron chi connectivity index (χ4n) is 9.26. The molecule has 2 heterocycles. The van der Waals surface area contributed by atoms with Gasteiger partial charge in [0.2, 0.25) is 0 Å². The average molecular weight is 894 g/mol. The molecule has 0 saturated heterocycles. The highest BCUT2D eigenvalue weighted by molar-refractivity contribution is 6.12. The first-order valence-corrected chi connectivity index (χ1v) is 20.6. The van der Waals surface area contributed by atoms with E-state index in [1.165, 1.54) is 22.8 Å². The summed E-state index contributed by atoms with van der Waals surface area (Å²) in [5.41, 5.74) is 1.29. The number of para-hydroxylation sites is 2. The van der Waals surface area contributed by atoms with E-state index in [9.17, 15) is 31.6 Å². The molecule has 10 aromatic rings. The lowest BCUT2D eigenvalue weighted by molar-refractivity contribution is -0.138. The summed E-state index contributed by atoms with van der Waals surface area (Å²) in [6, 6.07) is 42.3. The van der Waals surface area contributed by atoms with Gasteiger partial charge >= 0.3 is 18.5 Å². The second-order valence-corrected chi connectivity index (χ2v) is 16.3. The summed E-state index contributed by atoms with van der Waals surface area (Å²) < 4.78 is 136. The molecule has 0 saturated carbocycles. The highest BCUT2D eigenvalue weighted by atomic mass is 19.4. The second-order valence-electron chi connectivity index (χ2n) is 16.3. The molecule has 2 aromatic heterocycles. The van der Waals surface area contributed by atoms with Gasteiger partial charge in [0.1, 0.15) is 0 Å². The van der Waals surface area contributed by atoms with Crippen LogP contribution in [0.1, 0.15) is 33.4 Å². The predicted molar refractivity (Wildman–Crippen MR) is 241 cm³/mol. The number of hydrogen-bond acceptors (Lipinski definition) is 1. The normalized spacial score (nSPS) is 12.5. The smallest absolute Gasteiger partial charge is 0.309 e. The number of fused-ring (bicyclic) bond motifs is 6. The number of nitrogens with zero attached hydrogens (tertiary/aromatic N) is 3. The molecule has 0 N–H and O–H groups in total. The van der Waals surface area contributed by atoms with Gasteiger partial charge in [-0.15, -0.1) is 0 Å². The highest BCUT2D eigenvalue weighted by Crippen LogP contribution is 2.47. The summed E-state index contributed by atoms with van der Waals surface area (Å²) in [5, 5.41) is 12.5. The van der Waals surface area contributed by atoms with Crippen LogP contribution < -0.4 is 0 Å². The van der Waals surface area contributed by atoms with Crippen LogP contribution in [0.3, 0.4) is 0 Å². The summed E-state index contributed by atoms with van der Waals surface area (Å²) >= 11 is 0. The molecule has 0 atom stereocenters. The van der Waals surface area contributed by atoms with Crippen molar-refractivity contribution in [2.24, 2.45) is 0 Å². The molecule has 10 rings (SSSR count). The van der Waals surface area contributed by atoms with Gasteiger partial charge in [-0.2, -0.15) is 44.8 Å². The maximum atomic E-state index is 16.1. The summed E-state index contributed by atoms with van der Waals surface area (Å²) in [6.45, 7) is 3.10. The van der Waals surface area contributed by atoms with Crippen molar-refractivity contribution in [1.82, 2.24) is 9.13 Å². The summed E-state index contributed by atoms with van der Waals surface area (Å²) in [4.78, 5) is 0. The Hall–Kier alpha value is -7.78. The van der Waals surface area contributed by atoms with Crippen LogP contribution in [0, 0.1) is 25.2 Å². The molecule has 0 unspecified atom stereocenters. The summed E-state index contributed by atoms with van der Waals surface area (Å²) in [5.74, 6) is 0. The number of nitriles is 1. The minimum atomic E-state index is -5.00. The monoisotopic (exact) mass is 893 g/mol. The van der Waals surface area contributed by atoms with E-state index >= 15 is 13.2 Å². The number of benzene rings is 8. The zero-order valence-electron chi connectivity index (χ0n) is 34.8. The molecule has 0 spiro atoms. The van der Waals surface area contributed by atoms with Gasteiger partial charge in [-0.05, 0) is 114 Å². The molecule has 8 aromatic carbocycles. The lowest BCUT2D eigenvalue weighted by atomic mass is 9.96. The molecule has 66 heavy (non-hydrogen) atoms. The average Bonchev–Trinajstić information content (AvgIpc) is 3.79. The molecule has 12 heteroatoms. The first kappa shape index (κ1) is 42.2. The zero-order chi connectivity index (χ0) is 46.4. The van der Waals surface area contributed by atoms with Crippen LogP contribution >= 0.6 is 0 Å². The third-order valence-corrected chi connectivity index (χ3v) is 12.2. The third kappa shape index (κ3) is 7.02. The Kier molecular flexibility index (Phi) is 9.69. The van der Waals surface area contributed by atoms with E-state index in [0.29, 0.717) is 71.4 Å². The van der Waals surface area contributed by atoms with Gasteiger partial charge in [-0.3, -0.25) is 0 Å². The SMILES string of the molecule is Cc1ccc(-c2ccc3c4ccccc4n(-c4cc(C(F)(F)F)c(-n5c6ccccc6c6ccc(-c7ccc(C(F)(F)F)cc7C)cc65)cc4-c4cccc(C#N)c4)c3c2)c(C(F)(F)F)c1. The molecule has 0 aliphatic carbocycles. The van der Waals surface area contributed by atoms with Crippen molar-refractivity contribution in [2.45, 2.75) is 32.4 Å². The third-order valence-electron chi connectivity index (χ3n) is 12.2. The topological polar surface area (TPSA) is 33.6 Å². The first-order chi connectivity index (χ1) is 31.4. The number of rotatable bonds is 5. The van der Waals surface area contributed by atoms with Crippen LogP contribution in [-0.4, -0.2) is 9.13 Å². The van der Waals surface area contributed by atoms with E-state index in [2.05, 4.69) is 6.07 Å². The Morgan fingerprint density at radius 3 is 1.53 bits per heavy atom. The van der Waals surface area contributed by atoms with E-state index in [4.69, 9.17) is 0 Å². The van der Waals surface area contributed by atoms with Gasteiger partial charge in [-0.25, -0.2) is 0 Å². The molecular weight excluding hydrogens is 862 g/mol. The van der Waals surface area contributed by atoms with Gasteiger partial charge < -0.3 is 9.13 Å². The minimum absolute atomic E-state index is 0.0475. The van der Waals surface area contributed by atoms with E-state index in [0.717, 1.165) is 24.3 Å². The summed E-state index contributed by atoms with van der Waals surface area (Å²) in [6.07, 6.45) is -14.3. The fraction of sp³-hybridized carbons (Fsp3) is 0.0926. The molecule has 0 amide bonds. The van der Waals surface area contributed by atoms with Gasteiger partial charge in [0.05, 0.1) is 61.8 Å². The number of halogens is 9. The quantitative estimate of drug-likeness (QED) is 0.159. The number of aryl methyl sites for hydroxylation is 2. The molecule has 326 valence electrons. The van der Waals surface area contributed by atoms with Crippen molar-refractivity contribution in [3.05, 3.63) is 191 Å². The predicted octanol–water partition coefficient (Wildman–Crippen LogP) is 16.4. The van der Waals surface area contributed by atoms with Crippen LogP contribution in [0.25, 0.3) is 88.4 Å². The Labute approximate surface area is 370 Å². The van der Waals surface area contributed by atoms with Crippen molar-refractivity contribution < 1.29 is 39.5 Å². The van der Waals surface area contributed by atoms with Crippen molar-refractivity contribution >= 4 is 43.6 Å². The fourth-order valence-corrected chi connectivity index (χ4v) is 9.26. The number of alkyl halides is 9. The Bertz CT molecular complexity index is 3650. The van der Waals surface area contributed by atoms with Crippen LogP contribution in [0.15, 0.2) is 158 Å².